The molecule has 32 heavy (non-hydrogen) atoms. The standard InChI is InChI=1S/C25H18N4O3/c1-32-21-13-9-17(10-14-21)15-22-24(31)29(20-11-7-18(16-26)8-12-20)25(27-22)28-23(30)19-5-3-2-4-6-19/h2-15H,1H3,(H,27,28,30)/b22-15-. The van der Waals surface area contributed by atoms with Crippen LogP contribution in [0.4, 0.5) is 5.69 Å². The molecular formula is C25H18N4O3. The monoisotopic (exact) mass is 422 g/mol. The summed E-state index contributed by atoms with van der Waals surface area (Å²) >= 11 is 0. The van der Waals surface area contributed by atoms with Gasteiger partial charge in [0, 0.05) is 5.56 Å². The van der Waals surface area contributed by atoms with Crippen LogP contribution in [0.3, 0.4) is 0 Å². The largest absolute Gasteiger partial charge is 0.497 e. The molecule has 7 nitrogen and oxygen atoms in total. The summed E-state index contributed by atoms with van der Waals surface area (Å²) in [6.45, 7) is 0. The second kappa shape index (κ2) is 8.98. The molecule has 1 aliphatic rings. The Labute approximate surface area is 184 Å². The first-order chi connectivity index (χ1) is 15.6. The Morgan fingerprint density at radius 1 is 1.03 bits per heavy atom. The molecule has 7 heteroatoms. The first kappa shape index (κ1) is 20.6. The number of amides is 2. The molecule has 0 unspecified atom stereocenters. The second-order valence-corrected chi connectivity index (χ2v) is 6.86. The van der Waals surface area contributed by atoms with Gasteiger partial charge in [-0.1, -0.05) is 30.3 Å². The molecule has 2 amide bonds. The van der Waals surface area contributed by atoms with Crippen molar-refractivity contribution in [3.8, 4) is 11.8 Å². The molecule has 0 saturated carbocycles. The van der Waals surface area contributed by atoms with Gasteiger partial charge in [0.1, 0.15) is 11.4 Å². The van der Waals surface area contributed by atoms with Crippen LogP contribution >= 0.6 is 0 Å². The van der Waals surface area contributed by atoms with E-state index in [4.69, 9.17) is 10.00 Å². The third kappa shape index (κ3) is 4.25. The molecule has 0 aliphatic carbocycles. The summed E-state index contributed by atoms with van der Waals surface area (Å²) < 4.78 is 5.16. The average Bonchev–Trinajstić information content (AvgIpc) is 3.14. The van der Waals surface area contributed by atoms with E-state index in [1.54, 1.807) is 86.0 Å². The topological polar surface area (TPSA) is 94.8 Å². The van der Waals surface area contributed by atoms with Gasteiger partial charge in [-0.3, -0.25) is 14.9 Å². The number of hydrogen-bond donors (Lipinski definition) is 1. The fourth-order valence-corrected chi connectivity index (χ4v) is 3.15. The van der Waals surface area contributed by atoms with Crippen molar-refractivity contribution < 1.29 is 14.3 Å². The normalized spacial score (nSPS) is 14.1. The number of anilines is 1. The van der Waals surface area contributed by atoms with Gasteiger partial charge in [-0.2, -0.15) is 5.26 Å². The Balaban J connectivity index is 1.70. The van der Waals surface area contributed by atoms with Crippen LogP contribution in [0, 0.1) is 11.3 Å². The summed E-state index contributed by atoms with van der Waals surface area (Å²) in [6, 6.07) is 24.4. The summed E-state index contributed by atoms with van der Waals surface area (Å²) in [5, 5.41) is 11.8. The number of methoxy groups -OCH3 is 1. The molecular weight excluding hydrogens is 404 g/mol. The molecule has 3 aromatic carbocycles. The van der Waals surface area contributed by atoms with Crippen molar-refractivity contribution in [2.24, 2.45) is 4.99 Å². The molecule has 1 aliphatic heterocycles. The van der Waals surface area contributed by atoms with E-state index >= 15 is 0 Å². The molecule has 0 aromatic heterocycles. The number of hydrogen-bond acceptors (Lipinski definition) is 5. The van der Waals surface area contributed by atoms with Gasteiger partial charge in [-0.05, 0) is 60.2 Å². The number of guanidine groups is 1. The summed E-state index contributed by atoms with van der Waals surface area (Å²) in [7, 11) is 1.58. The van der Waals surface area contributed by atoms with E-state index in [9.17, 15) is 9.59 Å². The maximum absolute atomic E-state index is 13.2. The zero-order valence-corrected chi connectivity index (χ0v) is 17.1. The Morgan fingerprint density at radius 3 is 2.34 bits per heavy atom. The molecule has 0 radical (unpaired) electrons. The van der Waals surface area contributed by atoms with E-state index < -0.39 is 5.91 Å². The molecule has 0 saturated heterocycles. The third-order valence-electron chi connectivity index (χ3n) is 4.80. The SMILES string of the molecule is COc1ccc(/C=C2\N=C(NC(=O)c3ccccc3)N(c3ccc(C#N)cc3)C2=O)cc1. The Hall–Kier alpha value is -4.70. The molecule has 0 fully saturated rings. The average molecular weight is 422 g/mol. The van der Waals surface area contributed by atoms with Crippen LogP contribution < -0.4 is 15.0 Å². The number of carbonyl (C=O) groups is 2. The maximum Gasteiger partial charge on any atom is 0.283 e. The molecule has 0 bridgehead atoms. The number of carbonyl (C=O) groups excluding carboxylic acids is 2. The van der Waals surface area contributed by atoms with Crippen LogP contribution in [-0.2, 0) is 4.79 Å². The summed E-state index contributed by atoms with van der Waals surface area (Å²) in [4.78, 5) is 31.6. The van der Waals surface area contributed by atoms with Crippen LogP contribution in [-0.4, -0.2) is 24.9 Å². The van der Waals surface area contributed by atoms with Gasteiger partial charge in [0.05, 0.1) is 24.4 Å². The lowest BCUT2D eigenvalue weighted by atomic mass is 10.1. The lowest BCUT2D eigenvalue weighted by Gasteiger charge is -2.18. The number of rotatable bonds is 4. The van der Waals surface area contributed by atoms with E-state index in [1.165, 1.54) is 4.90 Å². The molecule has 1 heterocycles. The lowest BCUT2D eigenvalue weighted by Crippen LogP contribution is -2.43. The van der Waals surface area contributed by atoms with Crippen molar-refractivity contribution in [2.45, 2.75) is 0 Å². The van der Waals surface area contributed by atoms with Crippen LogP contribution in [0.1, 0.15) is 21.5 Å². The van der Waals surface area contributed by atoms with Gasteiger partial charge < -0.3 is 4.74 Å². The minimum Gasteiger partial charge on any atom is -0.497 e. The zero-order chi connectivity index (χ0) is 22.5. The second-order valence-electron chi connectivity index (χ2n) is 6.86. The van der Waals surface area contributed by atoms with E-state index in [1.807, 2.05) is 12.1 Å². The van der Waals surface area contributed by atoms with Gasteiger partial charge >= 0.3 is 0 Å². The number of aliphatic imine (C=N–C) groups is 1. The molecule has 156 valence electrons. The minimum absolute atomic E-state index is 0.0910. The van der Waals surface area contributed by atoms with Crippen molar-refractivity contribution in [1.82, 2.24) is 5.32 Å². The number of nitrogens with zero attached hydrogens (tertiary/aromatic N) is 3. The van der Waals surface area contributed by atoms with Crippen molar-refractivity contribution in [2.75, 3.05) is 12.0 Å². The van der Waals surface area contributed by atoms with Crippen molar-refractivity contribution in [3.05, 3.63) is 101 Å². The van der Waals surface area contributed by atoms with Gasteiger partial charge in [0.2, 0.25) is 5.96 Å². The first-order valence-electron chi connectivity index (χ1n) is 9.74. The fourth-order valence-electron chi connectivity index (χ4n) is 3.15. The predicted octanol–water partition coefficient (Wildman–Crippen LogP) is 3.74. The number of nitriles is 1. The highest BCUT2D eigenvalue weighted by Crippen LogP contribution is 2.25. The predicted molar refractivity (Wildman–Crippen MR) is 121 cm³/mol. The van der Waals surface area contributed by atoms with Crippen LogP contribution in [0.25, 0.3) is 6.08 Å². The zero-order valence-electron chi connectivity index (χ0n) is 17.1. The van der Waals surface area contributed by atoms with Crippen LogP contribution in [0.2, 0.25) is 0 Å². The van der Waals surface area contributed by atoms with E-state index in [0.717, 1.165) is 5.56 Å². The number of nitrogens with one attached hydrogen (secondary N) is 1. The highest BCUT2D eigenvalue weighted by atomic mass is 16.5. The minimum atomic E-state index is -0.395. The van der Waals surface area contributed by atoms with Crippen molar-refractivity contribution >= 4 is 29.5 Å². The quantitative estimate of drug-likeness (QED) is 0.648. The molecule has 1 N–H and O–H groups in total. The highest BCUT2D eigenvalue weighted by molar-refractivity contribution is 6.30. The van der Waals surface area contributed by atoms with Crippen molar-refractivity contribution in [1.29, 1.82) is 5.26 Å². The maximum atomic E-state index is 13.2. The van der Waals surface area contributed by atoms with Crippen molar-refractivity contribution in [3.63, 3.8) is 0 Å². The third-order valence-corrected chi connectivity index (χ3v) is 4.80. The smallest absolute Gasteiger partial charge is 0.283 e. The van der Waals surface area contributed by atoms with Crippen LogP contribution in [0.5, 0.6) is 5.75 Å². The van der Waals surface area contributed by atoms with Crippen LogP contribution in [0.15, 0.2) is 89.6 Å². The molecule has 0 spiro atoms. The Kier molecular flexibility index (Phi) is 5.77. The van der Waals surface area contributed by atoms with E-state index in [2.05, 4.69) is 10.3 Å². The molecule has 3 aromatic rings. The Morgan fingerprint density at radius 2 is 1.72 bits per heavy atom. The number of benzene rings is 3. The highest BCUT2D eigenvalue weighted by Gasteiger charge is 2.33. The number of ether oxygens (including phenoxy) is 1. The van der Waals surface area contributed by atoms with Gasteiger partial charge in [0.25, 0.3) is 11.8 Å². The lowest BCUT2D eigenvalue weighted by molar-refractivity contribution is -0.113. The molecule has 0 atom stereocenters. The summed E-state index contributed by atoms with van der Waals surface area (Å²) in [5.41, 5.74) is 2.31. The first-order valence-corrected chi connectivity index (χ1v) is 9.74. The Bertz CT molecular complexity index is 1260. The molecule has 4 rings (SSSR count). The van der Waals surface area contributed by atoms with Gasteiger partial charge in [0.15, 0.2) is 0 Å². The summed E-state index contributed by atoms with van der Waals surface area (Å²) in [6.07, 6.45) is 1.64. The van der Waals surface area contributed by atoms with E-state index in [0.29, 0.717) is 22.6 Å². The fraction of sp³-hybridized carbons (Fsp3) is 0.0400. The van der Waals surface area contributed by atoms with E-state index in [-0.39, 0.29) is 17.6 Å². The van der Waals surface area contributed by atoms with Gasteiger partial charge in [-0.15, -0.1) is 0 Å². The van der Waals surface area contributed by atoms with Gasteiger partial charge in [-0.25, -0.2) is 9.89 Å². The summed E-state index contributed by atoms with van der Waals surface area (Å²) in [5.74, 6) is 0.00660.